The van der Waals surface area contributed by atoms with Crippen molar-refractivity contribution in [1.29, 1.82) is 0 Å². The van der Waals surface area contributed by atoms with E-state index in [2.05, 4.69) is 17.0 Å². The molecule has 2 N–H and O–H groups in total. The molecule has 0 aromatic heterocycles. The van der Waals surface area contributed by atoms with E-state index in [1.165, 1.54) is 43.2 Å². The molecule has 2 fully saturated rings. The van der Waals surface area contributed by atoms with Crippen molar-refractivity contribution >= 4 is 0 Å². The first kappa shape index (κ1) is 18.2. The molecule has 5 rings (SSSR count). The first-order valence-electron chi connectivity index (χ1n) is 11.0. The molecule has 1 aliphatic heterocycles. The van der Waals surface area contributed by atoms with Crippen LogP contribution >= 0.6 is 0 Å². The lowest BCUT2D eigenvalue weighted by atomic mass is 9.52. The third kappa shape index (κ3) is 2.96. The number of hydrogen-bond acceptors (Lipinski definition) is 3. The standard InChI is InChI=1S/C25H31NO2/c27-20-10-9-19-16-23-21-8-4-5-12-25(21,22(19)17-20)13-15-26(23)14-11-24(28)18-6-2-1-3-7-18/h1-3,6-7,9-10,17,21,23-24,27-28H,4-5,8,11-16H2/t21-,23-,24?,25+/m0/s1. The van der Waals surface area contributed by atoms with Gasteiger partial charge < -0.3 is 10.2 Å². The number of hydrogen-bond donors (Lipinski definition) is 2. The molecular weight excluding hydrogens is 346 g/mol. The zero-order valence-corrected chi connectivity index (χ0v) is 16.6. The van der Waals surface area contributed by atoms with Crippen molar-refractivity contribution < 1.29 is 10.2 Å². The van der Waals surface area contributed by atoms with Crippen LogP contribution in [0.2, 0.25) is 0 Å². The van der Waals surface area contributed by atoms with E-state index in [4.69, 9.17) is 0 Å². The molecule has 3 nitrogen and oxygen atoms in total. The van der Waals surface area contributed by atoms with Gasteiger partial charge in [-0.1, -0.05) is 49.2 Å². The summed E-state index contributed by atoms with van der Waals surface area (Å²) in [5, 5.41) is 20.8. The fraction of sp³-hybridized carbons (Fsp3) is 0.520. The first-order chi connectivity index (χ1) is 13.7. The van der Waals surface area contributed by atoms with E-state index in [0.717, 1.165) is 31.5 Å². The van der Waals surface area contributed by atoms with Gasteiger partial charge >= 0.3 is 0 Å². The number of fused-ring (bicyclic) bond motifs is 1. The van der Waals surface area contributed by atoms with Crippen LogP contribution in [-0.4, -0.2) is 34.2 Å². The van der Waals surface area contributed by atoms with E-state index in [1.54, 1.807) is 0 Å². The van der Waals surface area contributed by atoms with Gasteiger partial charge in [0, 0.05) is 18.0 Å². The minimum absolute atomic E-state index is 0.268. The summed E-state index contributed by atoms with van der Waals surface area (Å²) in [6, 6.07) is 16.7. The van der Waals surface area contributed by atoms with Crippen LogP contribution < -0.4 is 0 Å². The monoisotopic (exact) mass is 377 g/mol. The van der Waals surface area contributed by atoms with Crippen LogP contribution in [0.25, 0.3) is 0 Å². The summed E-state index contributed by atoms with van der Waals surface area (Å²) in [6.07, 6.45) is 7.90. The Kier molecular flexibility index (Phi) is 4.68. The number of phenols is 1. The number of likely N-dealkylation sites (tertiary alicyclic amines) is 1. The molecule has 2 bridgehead atoms. The molecule has 3 aliphatic rings. The molecule has 0 spiro atoms. The van der Waals surface area contributed by atoms with E-state index in [-0.39, 0.29) is 11.5 Å². The molecule has 148 valence electrons. The van der Waals surface area contributed by atoms with Gasteiger partial charge in [-0.15, -0.1) is 0 Å². The number of aliphatic hydroxyl groups excluding tert-OH is 1. The molecule has 0 radical (unpaired) electrons. The van der Waals surface area contributed by atoms with Crippen molar-refractivity contribution in [2.75, 3.05) is 13.1 Å². The maximum absolute atomic E-state index is 10.6. The maximum Gasteiger partial charge on any atom is 0.115 e. The van der Waals surface area contributed by atoms with E-state index in [0.29, 0.717) is 17.7 Å². The topological polar surface area (TPSA) is 43.7 Å². The highest BCUT2D eigenvalue weighted by Gasteiger charge is 2.53. The van der Waals surface area contributed by atoms with Gasteiger partial charge in [-0.2, -0.15) is 0 Å². The van der Waals surface area contributed by atoms with Crippen LogP contribution in [-0.2, 0) is 11.8 Å². The van der Waals surface area contributed by atoms with E-state index in [1.807, 2.05) is 36.4 Å². The van der Waals surface area contributed by atoms with Crippen molar-refractivity contribution in [3.05, 3.63) is 65.2 Å². The van der Waals surface area contributed by atoms with E-state index in [9.17, 15) is 10.2 Å². The van der Waals surface area contributed by atoms with Crippen LogP contribution in [0.15, 0.2) is 48.5 Å². The molecule has 28 heavy (non-hydrogen) atoms. The van der Waals surface area contributed by atoms with Gasteiger partial charge in [0.15, 0.2) is 0 Å². The van der Waals surface area contributed by atoms with Crippen LogP contribution in [0.1, 0.15) is 61.3 Å². The van der Waals surface area contributed by atoms with Crippen molar-refractivity contribution in [2.45, 2.75) is 62.5 Å². The number of aromatic hydroxyl groups is 1. The Morgan fingerprint density at radius 1 is 1.07 bits per heavy atom. The van der Waals surface area contributed by atoms with Crippen LogP contribution in [0.4, 0.5) is 0 Å². The Morgan fingerprint density at radius 2 is 1.93 bits per heavy atom. The Hall–Kier alpha value is -1.84. The molecule has 1 unspecified atom stereocenters. The molecule has 2 aromatic rings. The summed E-state index contributed by atoms with van der Waals surface area (Å²) in [5.74, 6) is 1.11. The van der Waals surface area contributed by atoms with Crippen LogP contribution in [0, 0.1) is 5.92 Å². The van der Waals surface area contributed by atoms with Gasteiger partial charge in [0.05, 0.1) is 6.10 Å². The normalized spacial score (nSPS) is 30.3. The summed E-state index contributed by atoms with van der Waals surface area (Å²) < 4.78 is 0. The average Bonchev–Trinajstić information content (AvgIpc) is 2.74. The Labute approximate surface area is 168 Å². The number of aliphatic hydroxyl groups is 1. The van der Waals surface area contributed by atoms with Gasteiger partial charge in [0.1, 0.15) is 5.75 Å². The van der Waals surface area contributed by atoms with E-state index >= 15 is 0 Å². The molecule has 1 heterocycles. The second-order valence-electron chi connectivity index (χ2n) is 9.12. The minimum Gasteiger partial charge on any atom is -0.508 e. The molecule has 1 saturated heterocycles. The Morgan fingerprint density at radius 3 is 2.79 bits per heavy atom. The molecule has 3 heteroatoms. The highest BCUT2D eigenvalue weighted by Crippen LogP contribution is 2.56. The lowest BCUT2D eigenvalue weighted by Crippen LogP contribution is -2.61. The van der Waals surface area contributed by atoms with Crippen molar-refractivity contribution in [2.24, 2.45) is 5.92 Å². The lowest BCUT2D eigenvalue weighted by molar-refractivity contribution is -0.0172. The summed E-state index contributed by atoms with van der Waals surface area (Å²) in [4.78, 5) is 2.66. The number of phenolic OH excluding ortho intramolecular Hbond substituents is 1. The summed E-state index contributed by atoms with van der Waals surface area (Å²) >= 11 is 0. The summed E-state index contributed by atoms with van der Waals surface area (Å²) in [6.45, 7) is 2.07. The quantitative estimate of drug-likeness (QED) is 0.820. The molecule has 0 amide bonds. The maximum atomic E-state index is 10.6. The van der Waals surface area contributed by atoms with Crippen molar-refractivity contribution in [1.82, 2.24) is 4.90 Å². The van der Waals surface area contributed by atoms with Gasteiger partial charge in [0.25, 0.3) is 0 Å². The largest absolute Gasteiger partial charge is 0.508 e. The van der Waals surface area contributed by atoms with Crippen LogP contribution in [0.5, 0.6) is 5.75 Å². The molecule has 2 aliphatic carbocycles. The zero-order chi connectivity index (χ0) is 19.1. The Bertz CT molecular complexity index is 836. The van der Waals surface area contributed by atoms with Crippen LogP contribution in [0.3, 0.4) is 0 Å². The summed E-state index contributed by atoms with van der Waals surface area (Å²) in [7, 11) is 0. The van der Waals surface area contributed by atoms with E-state index < -0.39 is 0 Å². The highest BCUT2D eigenvalue weighted by molar-refractivity contribution is 5.45. The van der Waals surface area contributed by atoms with Gasteiger partial charge in [-0.05, 0) is 73.4 Å². The molecule has 2 aromatic carbocycles. The second-order valence-corrected chi connectivity index (χ2v) is 9.12. The minimum atomic E-state index is -0.382. The van der Waals surface area contributed by atoms with Crippen molar-refractivity contribution in [3.8, 4) is 5.75 Å². The number of piperidine rings is 1. The average molecular weight is 378 g/mol. The molecule has 1 saturated carbocycles. The third-order valence-electron chi connectivity index (χ3n) is 7.81. The molecular formula is C25H31NO2. The number of nitrogens with zero attached hydrogens (tertiary/aromatic N) is 1. The molecule has 4 atom stereocenters. The fourth-order valence-corrected chi connectivity index (χ4v) is 6.48. The fourth-order valence-electron chi connectivity index (χ4n) is 6.48. The number of benzene rings is 2. The Balaban J connectivity index is 1.39. The first-order valence-corrected chi connectivity index (χ1v) is 11.0. The predicted octanol–water partition coefficient (Wildman–Crippen LogP) is 4.57. The zero-order valence-electron chi connectivity index (χ0n) is 16.6. The van der Waals surface area contributed by atoms with Gasteiger partial charge in [0.2, 0.25) is 0 Å². The van der Waals surface area contributed by atoms with Gasteiger partial charge in [-0.3, -0.25) is 4.90 Å². The summed E-state index contributed by atoms with van der Waals surface area (Å²) in [5.41, 5.74) is 4.17. The lowest BCUT2D eigenvalue weighted by Gasteiger charge is -2.59. The highest BCUT2D eigenvalue weighted by atomic mass is 16.3. The number of rotatable bonds is 4. The van der Waals surface area contributed by atoms with Crippen molar-refractivity contribution in [3.63, 3.8) is 0 Å². The third-order valence-corrected chi connectivity index (χ3v) is 7.81. The SMILES string of the molecule is Oc1ccc2c(c1)[C@@]13CCCC[C@H]1[C@H](C2)N(CCC(O)c1ccccc1)CC3. The van der Waals surface area contributed by atoms with Gasteiger partial charge in [-0.25, -0.2) is 0 Å². The predicted molar refractivity (Wildman–Crippen MR) is 111 cm³/mol. The smallest absolute Gasteiger partial charge is 0.115 e. The second kappa shape index (κ2) is 7.20.